The normalized spacial score (nSPS) is 12.3. The first-order valence-electron chi connectivity index (χ1n) is 8.08. The van der Waals surface area contributed by atoms with Crippen molar-refractivity contribution in [3.63, 3.8) is 0 Å². The van der Waals surface area contributed by atoms with E-state index in [2.05, 4.69) is 17.2 Å². The van der Waals surface area contributed by atoms with Gasteiger partial charge in [-0.25, -0.2) is 5.48 Å². The molecule has 4 N–H and O–H groups in total. The number of carbonyl (C=O) groups is 2. The van der Waals surface area contributed by atoms with Gasteiger partial charge in [0.2, 0.25) is 5.91 Å². The number of aliphatic hydroxyl groups excluding tert-OH is 1. The van der Waals surface area contributed by atoms with Gasteiger partial charge in [-0.2, -0.15) is 0 Å². The maximum Gasteiger partial charge on any atom is 0.251 e. The number of hydrogen-bond donors (Lipinski definition) is 4. The van der Waals surface area contributed by atoms with E-state index in [9.17, 15) is 14.7 Å². The van der Waals surface area contributed by atoms with E-state index < -0.39 is 24.0 Å². The fraction of sp³-hybridized carbons (Fsp3) is 0.200. The van der Waals surface area contributed by atoms with E-state index in [1.165, 1.54) is 12.4 Å². The summed E-state index contributed by atoms with van der Waals surface area (Å²) in [7, 11) is 0. The van der Waals surface area contributed by atoms with Gasteiger partial charge >= 0.3 is 0 Å². The second kappa shape index (κ2) is 9.37. The summed E-state index contributed by atoms with van der Waals surface area (Å²) in [4.78, 5) is 23.5. The quantitative estimate of drug-likeness (QED) is 0.372. The van der Waals surface area contributed by atoms with Crippen molar-refractivity contribution >= 4 is 11.8 Å². The predicted octanol–water partition coefficient (Wildman–Crippen LogP) is 1.46. The molecule has 6 nitrogen and oxygen atoms in total. The molecule has 26 heavy (non-hydrogen) atoms. The smallest absolute Gasteiger partial charge is 0.251 e. The van der Waals surface area contributed by atoms with Crippen LogP contribution in [0.1, 0.15) is 34.8 Å². The molecule has 0 radical (unpaired) electrons. The van der Waals surface area contributed by atoms with E-state index in [0.717, 1.165) is 11.1 Å². The molecule has 0 fully saturated rings. The predicted molar refractivity (Wildman–Crippen MR) is 96.3 cm³/mol. The Morgan fingerprint density at radius 3 is 2.12 bits per heavy atom. The molecule has 0 spiro atoms. The summed E-state index contributed by atoms with van der Waals surface area (Å²) in [5, 5.41) is 20.8. The van der Waals surface area contributed by atoms with Gasteiger partial charge in [0, 0.05) is 16.7 Å². The van der Waals surface area contributed by atoms with E-state index in [0.29, 0.717) is 5.56 Å². The molecule has 0 unspecified atom stereocenters. The number of hydroxylamine groups is 1. The van der Waals surface area contributed by atoms with Gasteiger partial charge in [0.1, 0.15) is 0 Å². The summed E-state index contributed by atoms with van der Waals surface area (Å²) in [6, 6.07) is 15.4. The van der Waals surface area contributed by atoms with Crippen LogP contribution in [0.4, 0.5) is 0 Å². The topological polar surface area (TPSA) is 98.7 Å². The zero-order valence-electron chi connectivity index (χ0n) is 14.3. The number of aliphatic hydroxyl groups is 1. The van der Waals surface area contributed by atoms with Crippen molar-refractivity contribution in [1.82, 2.24) is 10.8 Å². The average molecular weight is 352 g/mol. The summed E-state index contributed by atoms with van der Waals surface area (Å²) in [6.45, 7) is 1.46. The van der Waals surface area contributed by atoms with Crippen LogP contribution in [0.25, 0.3) is 0 Å². The molecule has 0 saturated heterocycles. The van der Waals surface area contributed by atoms with E-state index >= 15 is 0 Å². The number of benzene rings is 2. The molecule has 0 aliphatic heterocycles. The number of hydrogen-bond acceptors (Lipinski definition) is 4. The third kappa shape index (κ3) is 5.74. The zero-order chi connectivity index (χ0) is 18.9. The highest BCUT2D eigenvalue weighted by Crippen LogP contribution is 2.07. The maximum absolute atomic E-state index is 12.3. The molecule has 2 rings (SSSR count). The fourth-order valence-electron chi connectivity index (χ4n) is 2.21. The lowest BCUT2D eigenvalue weighted by molar-refractivity contribution is -0.130. The van der Waals surface area contributed by atoms with E-state index in [4.69, 9.17) is 5.21 Å². The number of rotatable bonds is 5. The molecule has 2 atom stereocenters. The standard InChI is InChI=1S/C20H20N2O4/c1-14(23)18(13-19(24)22-26)21-20(25)17-11-9-16(10-12-17)8-7-15-5-3-2-4-6-15/h2-6,9-12,14,18,23,26H,13H2,1H3,(H,21,25)(H,22,24)/t14-,18-/m1/s1. The second-order valence-electron chi connectivity index (χ2n) is 5.75. The van der Waals surface area contributed by atoms with E-state index in [1.54, 1.807) is 24.3 Å². The Morgan fingerprint density at radius 1 is 1.00 bits per heavy atom. The number of carbonyl (C=O) groups excluding carboxylic acids is 2. The fourth-order valence-corrected chi connectivity index (χ4v) is 2.21. The van der Waals surface area contributed by atoms with Crippen molar-refractivity contribution in [1.29, 1.82) is 0 Å². The van der Waals surface area contributed by atoms with Crippen LogP contribution < -0.4 is 10.8 Å². The molecule has 2 amide bonds. The van der Waals surface area contributed by atoms with E-state index in [1.807, 2.05) is 30.3 Å². The Balaban J connectivity index is 2.04. The first kappa shape index (κ1) is 19.2. The Morgan fingerprint density at radius 2 is 1.58 bits per heavy atom. The lowest BCUT2D eigenvalue weighted by Crippen LogP contribution is -2.45. The monoisotopic (exact) mass is 352 g/mol. The first-order valence-corrected chi connectivity index (χ1v) is 8.08. The molecule has 0 bridgehead atoms. The third-order valence-corrected chi connectivity index (χ3v) is 3.70. The summed E-state index contributed by atoms with van der Waals surface area (Å²) in [6.07, 6.45) is -1.19. The molecule has 6 heteroatoms. The molecule has 2 aromatic rings. The van der Waals surface area contributed by atoms with Gasteiger partial charge in [-0.05, 0) is 43.3 Å². The van der Waals surface area contributed by atoms with Crippen LogP contribution in [0.3, 0.4) is 0 Å². The molecule has 2 aromatic carbocycles. The number of amides is 2. The highest BCUT2D eigenvalue weighted by molar-refractivity contribution is 5.94. The van der Waals surface area contributed by atoms with Crippen molar-refractivity contribution < 1.29 is 19.9 Å². The van der Waals surface area contributed by atoms with Crippen molar-refractivity contribution in [2.75, 3.05) is 0 Å². The average Bonchev–Trinajstić information content (AvgIpc) is 2.66. The van der Waals surface area contributed by atoms with Crippen LogP contribution >= 0.6 is 0 Å². The lowest BCUT2D eigenvalue weighted by atomic mass is 10.1. The molecular weight excluding hydrogens is 332 g/mol. The molecule has 0 aromatic heterocycles. The summed E-state index contributed by atoms with van der Waals surface area (Å²) >= 11 is 0. The zero-order valence-corrected chi connectivity index (χ0v) is 14.3. The minimum atomic E-state index is -0.952. The van der Waals surface area contributed by atoms with Crippen LogP contribution in [0.5, 0.6) is 0 Å². The Hall–Kier alpha value is -3.14. The van der Waals surface area contributed by atoms with E-state index in [-0.39, 0.29) is 6.42 Å². The van der Waals surface area contributed by atoms with Crippen LogP contribution in [0.2, 0.25) is 0 Å². The molecule has 0 aliphatic rings. The molecule has 0 aliphatic carbocycles. The van der Waals surface area contributed by atoms with Gasteiger partial charge in [-0.3, -0.25) is 14.8 Å². The molecule has 0 saturated carbocycles. The second-order valence-corrected chi connectivity index (χ2v) is 5.75. The van der Waals surface area contributed by atoms with Crippen LogP contribution in [0.15, 0.2) is 54.6 Å². The minimum Gasteiger partial charge on any atom is -0.391 e. The van der Waals surface area contributed by atoms with Gasteiger partial charge in [0.15, 0.2) is 0 Å². The van der Waals surface area contributed by atoms with Crippen LogP contribution in [0, 0.1) is 11.8 Å². The molecule has 0 heterocycles. The highest BCUT2D eigenvalue weighted by atomic mass is 16.5. The Kier molecular flexibility index (Phi) is 6.92. The van der Waals surface area contributed by atoms with Gasteiger partial charge in [-0.15, -0.1) is 0 Å². The Labute approximate surface area is 151 Å². The SMILES string of the molecule is C[C@@H](O)[C@@H](CC(=O)NO)NC(=O)c1ccc(C#Cc2ccccc2)cc1. The molecule has 134 valence electrons. The molecular formula is C20H20N2O4. The highest BCUT2D eigenvalue weighted by Gasteiger charge is 2.21. The third-order valence-electron chi connectivity index (χ3n) is 3.70. The first-order chi connectivity index (χ1) is 12.5. The van der Waals surface area contributed by atoms with Crippen molar-refractivity contribution in [3.8, 4) is 11.8 Å². The van der Waals surface area contributed by atoms with Gasteiger partial charge in [-0.1, -0.05) is 30.0 Å². The van der Waals surface area contributed by atoms with Gasteiger partial charge in [0.25, 0.3) is 5.91 Å². The van der Waals surface area contributed by atoms with Crippen molar-refractivity contribution in [2.45, 2.75) is 25.5 Å². The maximum atomic E-state index is 12.3. The number of nitrogens with one attached hydrogen (secondary N) is 2. The van der Waals surface area contributed by atoms with Gasteiger partial charge in [0.05, 0.1) is 18.6 Å². The summed E-state index contributed by atoms with van der Waals surface area (Å²) in [5.74, 6) is 4.93. The largest absolute Gasteiger partial charge is 0.391 e. The Bertz CT molecular complexity index is 805. The van der Waals surface area contributed by atoms with Crippen molar-refractivity contribution in [3.05, 3.63) is 71.3 Å². The van der Waals surface area contributed by atoms with Gasteiger partial charge < -0.3 is 10.4 Å². The lowest BCUT2D eigenvalue weighted by Gasteiger charge is -2.20. The summed E-state index contributed by atoms with van der Waals surface area (Å²) < 4.78 is 0. The summed E-state index contributed by atoms with van der Waals surface area (Å²) in [5.41, 5.74) is 3.52. The minimum absolute atomic E-state index is 0.236. The van der Waals surface area contributed by atoms with Crippen LogP contribution in [-0.2, 0) is 4.79 Å². The van der Waals surface area contributed by atoms with Crippen molar-refractivity contribution in [2.24, 2.45) is 0 Å². The van der Waals surface area contributed by atoms with Crippen LogP contribution in [-0.4, -0.2) is 34.3 Å².